The highest BCUT2D eigenvalue weighted by Crippen LogP contribution is 2.31. The molecule has 0 radical (unpaired) electrons. The van der Waals surface area contributed by atoms with Gasteiger partial charge >= 0.3 is 0 Å². The summed E-state index contributed by atoms with van der Waals surface area (Å²) in [6.07, 6.45) is 6.32. The SMILES string of the molecule is Cc1csc(CC(NN)C2CCCC(C)C2)n1. The largest absolute Gasteiger partial charge is 0.271 e. The molecular formula is C13H23N3S. The lowest BCUT2D eigenvalue weighted by molar-refractivity contribution is 0.222. The molecule has 1 aliphatic rings. The molecule has 96 valence electrons. The summed E-state index contributed by atoms with van der Waals surface area (Å²) in [5, 5.41) is 3.33. The Balaban J connectivity index is 1.95. The van der Waals surface area contributed by atoms with E-state index in [-0.39, 0.29) is 0 Å². The molecule has 1 aliphatic carbocycles. The molecule has 3 atom stereocenters. The summed E-state index contributed by atoms with van der Waals surface area (Å²) in [6.45, 7) is 4.40. The minimum absolute atomic E-state index is 0.392. The number of nitrogens with two attached hydrogens (primary N) is 1. The van der Waals surface area contributed by atoms with E-state index in [1.54, 1.807) is 11.3 Å². The number of hydrogen-bond acceptors (Lipinski definition) is 4. The second-order valence-electron chi connectivity index (χ2n) is 5.39. The van der Waals surface area contributed by atoms with E-state index in [4.69, 9.17) is 5.84 Å². The Morgan fingerprint density at radius 2 is 2.41 bits per heavy atom. The van der Waals surface area contributed by atoms with Crippen molar-refractivity contribution in [3.05, 3.63) is 16.1 Å². The predicted octanol–water partition coefficient (Wildman–Crippen LogP) is 2.65. The quantitative estimate of drug-likeness (QED) is 0.640. The molecule has 0 amide bonds. The lowest BCUT2D eigenvalue weighted by Crippen LogP contribution is -2.43. The van der Waals surface area contributed by atoms with Crippen molar-refractivity contribution in [1.82, 2.24) is 10.4 Å². The van der Waals surface area contributed by atoms with Gasteiger partial charge in [0.25, 0.3) is 0 Å². The highest BCUT2D eigenvalue weighted by Gasteiger charge is 2.26. The second-order valence-corrected chi connectivity index (χ2v) is 6.33. The van der Waals surface area contributed by atoms with Gasteiger partial charge < -0.3 is 0 Å². The second kappa shape index (κ2) is 5.94. The number of nitrogens with zero attached hydrogens (tertiary/aromatic N) is 1. The van der Waals surface area contributed by atoms with E-state index in [9.17, 15) is 0 Å². The van der Waals surface area contributed by atoms with Crippen molar-refractivity contribution in [3.8, 4) is 0 Å². The Morgan fingerprint density at radius 3 is 3.00 bits per heavy atom. The molecule has 2 rings (SSSR count). The number of hydrazine groups is 1. The molecule has 4 heteroatoms. The number of thiazole rings is 1. The monoisotopic (exact) mass is 253 g/mol. The zero-order valence-electron chi connectivity index (χ0n) is 10.8. The molecule has 1 heterocycles. The summed E-state index contributed by atoms with van der Waals surface area (Å²) in [5.41, 5.74) is 4.14. The maximum Gasteiger partial charge on any atom is 0.0944 e. The fourth-order valence-corrected chi connectivity index (χ4v) is 3.72. The third-order valence-corrected chi connectivity index (χ3v) is 4.81. The van der Waals surface area contributed by atoms with Crippen LogP contribution in [0, 0.1) is 18.8 Å². The maximum atomic E-state index is 5.73. The van der Waals surface area contributed by atoms with Crippen LogP contribution in [-0.4, -0.2) is 11.0 Å². The maximum absolute atomic E-state index is 5.73. The van der Waals surface area contributed by atoms with Crippen molar-refractivity contribution in [3.63, 3.8) is 0 Å². The van der Waals surface area contributed by atoms with Crippen LogP contribution in [0.25, 0.3) is 0 Å². The van der Waals surface area contributed by atoms with Gasteiger partial charge in [0.15, 0.2) is 0 Å². The highest BCUT2D eigenvalue weighted by atomic mass is 32.1. The van der Waals surface area contributed by atoms with Gasteiger partial charge in [0.05, 0.1) is 5.01 Å². The predicted molar refractivity (Wildman–Crippen MR) is 72.8 cm³/mol. The number of hydrogen-bond donors (Lipinski definition) is 2. The van der Waals surface area contributed by atoms with Gasteiger partial charge in [-0.05, 0) is 31.6 Å². The van der Waals surface area contributed by atoms with Gasteiger partial charge in [-0.3, -0.25) is 11.3 Å². The molecular weight excluding hydrogens is 230 g/mol. The van der Waals surface area contributed by atoms with Gasteiger partial charge in [-0.1, -0.05) is 19.8 Å². The Labute approximate surface area is 108 Å². The standard InChI is InChI=1S/C13H23N3S/c1-9-4-3-5-11(6-9)12(16-14)7-13-15-10(2)8-17-13/h8-9,11-12,16H,3-7,14H2,1-2H3. The Bertz CT molecular complexity index is 350. The van der Waals surface area contributed by atoms with E-state index in [1.165, 1.54) is 30.7 Å². The van der Waals surface area contributed by atoms with Crippen LogP contribution < -0.4 is 11.3 Å². The minimum Gasteiger partial charge on any atom is -0.271 e. The van der Waals surface area contributed by atoms with Crippen molar-refractivity contribution >= 4 is 11.3 Å². The first-order chi connectivity index (χ1) is 8.19. The van der Waals surface area contributed by atoms with Crippen molar-refractivity contribution < 1.29 is 0 Å². The van der Waals surface area contributed by atoms with E-state index in [2.05, 4.69) is 22.7 Å². The third-order valence-electron chi connectivity index (χ3n) is 3.82. The molecule has 1 aromatic rings. The van der Waals surface area contributed by atoms with Gasteiger partial charge in [-0.2, -0.15) is 0 Å². The van der Waals surface area contributed by atoms with Gasteiger partial charge in [0.1, 0.15) is 0 Å². The Morgan fingerprint density at radius 1 is 1.59 bits per heavy atom. The Hall–Kier alpha value is -0.450. The van der Waals surface area contributed by atoms with Crippen LogP contribution in [0.4, 0.5) is 0 Å². The van der Waals surface area contributed by atoms with Crippen molar-refractivity contribution in [1.29, 1.82) is 0 Å². The summed E-state index contributed by atoms with van der Waals surface area (Å²) in [7, 11) is 0. The summed E-state index contributed by atoms with van der Waals surface area (Å²) in [5.74, 6) is 7.30. The molecule has 3 nitrogen and oxygen atoms in total. The zero-order chi connectivity index (χ0) is 12.3. The average Bonchev–Trinajstić information content (AvgIpc) is 2.72. The van der Waals surface area contributed by atoms with Crippen LogP contribution in [0.5, 0.6) is 0 Å². The average molecular weight is 253 g/mol. The fourth-order valence-electron chi connectivity index (χ4n) is 2.89. The molecule has 1 aromatic heterocycles. The number of aromatic nitrogens is 1. The lowest BCUT2D eigenvalue weighted by atomic mass is 9.78. The van der Waals surface area contributed by atoms with Crippen LogP contribution in [0.15, 0.2) is 5.38 Å². The minimum atomic E-state index is 0.392. The van der Waals surface area contributed by atoms with E-state index in [1.807, 2.05) is 6.92 Å². The zero-order valence-corrected chi connectivity index (χ0v) is 11.6. The molecule has 0 bridgehead atoms. The first-order valence-corrected chi connectivity index (χ1v) is 7.44. The van der Waals surface area contributed by atoms with Crippen molar-refractivity contribution in [2.24, 2.45) is 17.7 Å². The number of aryl methyl sites for hydroxylation is 1. The molecule has 3 unspecified atom stereocenters. The van der Waals surface area contributed by atoms with Gasteiger partial charge in [0.2, 0.25) is 0 Å². The molecule has 0 spiro atoms. The first kappa shape index (κ1) is 13.0. The summed E-state index contributed by atoms with van der Waals surface area (Å²) >= 11 is 1.75. The van der Waals surface area contributed by atoms with E-state index in [0.29, 0.717) is 12.0 Å². The topological polar surface area (TPSA) is 50.9 Å². The van der Waals surface area contributed by atoms with Crippen LogP contribution >= 0.6 is 11.3 Å². The number of nitrogens with one attached hydrogen (secondary N) is 1. The van der Waals surface area contributed by atoms with E-state index in [0.717, 1.165) is 18.0 Å². The third kappa shape index (κ3) is 3.50. The van der Waals surface area contributed by atoms with Gasteiger partial charge in [0, 0.05) is 23.5 Å². The highest BCUT2D eigenvalue weighted by molar-refractivity contribution is 7.09. The molecule has 1 saturated carbocycles. The first-order valence-electron chi connectivity index (χ1n) is 6.56. The van der Waals surface area contributed by atoms with E-state index >= 15 is 0 Å². The van der Waals surface area contributed by atoms with Crippen LogP contribution in [0.3, 0.4) is 0 Å². The summed E-state index contributed by atoms with van der Waals surface area (Å²) < 4.78 is 0. The molecule has 3 N–H and O–H groups in total. The Kier molecular flexibility index (Phi) is 4.54. The van der Waals surface area contributed by atoms with Crippen LogP contribution in [0.2, 0.25) is 0 Å². The molecule has 1 fully saturated rings. The molecule has 0 aliphatic heterocycles. The van der Waals surface area contributed by atoms with Crippen molar-refractivity contribution in [2.75, 3.05) is 0 Å². The van der Waals surface area contributed by atoms with Crippen molar-refractivity contribution in [2.45, 2.75) is 52.0 Å². The lowest BCUT2D eigenvalue weighted by Gasteiger charge is -2.32. The number of rotatable bonds is 4. The fraction of sp³-hybridized carbons (Fsp3) is 0.769. The summed E-state index contributed by atoms with van der Waals surface area (Å²) in [6, 6.07) is 0.392. The van der Waals surface area contributed by atoms with Crippen LogP contribution in [0.1, 0.15) is 43.3 Å². The summed E-state index contributed by atoms with van der Waals surface area (Å²) in [4.78, 5) is 4.54. The smallest absolute Gasteiger partial charge is 0.0944 e. The van der Waals surface area contributed by atoms with Crippen LogP contribution in [-0.2, 0) is 6.42 Å². The van der Waals surface area contributed by atoms with Gasteiger partial charge in [-0.15, -0.1) is 11.3 Å². The molecule has 0 saturated heterocycles. The van der Waals surface area contributed by atoms with Gasteiger partial charge in [-0.25, -0.2) is 4.98 Å². The normalized spacial score (nSPS) is 27.0. The molecule has 17 heavy (non-hydrogen) atoms. The molecule has 0 aromatic carbocycles. The van der Waals surface area contributed by atoms with E-state index < -0.39 is 0 Å².